The molecule has 0 atom stereocenters. The van der Waals surface area contributed by atoms with E-state index in [1.54, 1.807) is 36.9 Å². The van der Waals surface area contributed by atoms with Crippen LogP contribution in [0.1, 0.15) is 22.8 Å². The predicted molar refractivity (Wildman–Crippen MR) is 101 cm³/mol. The van der Waals surface area contributed by atoms with Crippen LogP contribution < -0.4 is 10.6 Å². The van der Waals surface area contributed by atoms with Crippen LogP contribution in [0.25, 0.3) is 11.5 Å². The van der Waals surface area contributed by atoms with Crippen molar-refractivity contribution in [1.29, 1.82) is 0 Å². The lowest BCUT2D eigenvalue weighted by Crippen LogP contribution is -2.26. The lowest BCUT2D eigenvalue weighted by molar-refractivity contribution is 0.0957. The molecule has 0 unspecified atom stereocenters. The van der Waals surface area contributed by atoms with Crippen LogP contribution in [0, 0.1) is 0 Å². The third kappa shape index (κ3) is 4.36. The van der Waals surface area contributed by atoms with Crippen molar-refractivity contribution >= 4 is 11.7 Å². The van der Waals surface area contributed by atoms with Gasteiger partial charge in [0.15, 0.2) is 5.76 Å². The Balaban J connectivity index is 1.87. The van der Waals surface area contributed by atoms with Crippen molar-refractivity contribution in [2.45, 2.75) is 13.5 Å². The molecule has 0 bridgehead atoms. The van der Waals surface area contributed by atoms with Crippen molar-refractivity contribution in [3.8, 4) is 11.5 Å². The van der Waals surface area contributed by atoms with Crippen LogP contribution in [0.3, 0.4) is 0 Å². The monoisotopic (exact) mass is 348 g/mol. The summed E-state index contributed by atoms with van der Waals surface area (Å²) in [5, 5.41) is 6.06. The lowest BCUT2D eigenvalue weighted by atomic mass is 10.2. The molecule has 0 radical (unpaired) electrons. The van der Waals surface area contributed by atoms with Gasteiger partial charge in [0, 0.05) is 25.5 Å². The van der Waals surface area contributed by atoms with Gasteiger partial charge in [-0.2, -0.15) is 0 Å². The Morgan fingerprint density at radius 3 is 2.81 bits per heavy atom. The summed E-state index contributed by atoms with van der Waals surface area (Å²) in [7, 11) is 0. The van der Waals surface area contributed by atoms with Gasteiger partial charge in [0.1, 0.15) is 11.5 Å². The molecule has 132 valence electrons. The van der Waals surface area contributed by atoms with Gasteiger partial charge >= 0.3 is 0 Å². The summed E-state index contributed by atoms with van der Waals surface area (Å²) in [6.07, 6.45) is 5.08. The first kappa shape index (κ1) is 17.4. The number of furan rings is 1. The van der Waals surface area contributed by atoms with Crippen LogP contribution in [0.4, 0.5) is 5.82 Å². The Morgan fingerprint density at radius 2 is 2.12 bits per heavy atom. The van der Waals surface area contributed by atoms with Gasteiger partial charge in [-0.3, -0.25) is 9.78 Å². The first-order chi connectivity index (χ1) is 12.6. The summed E-state index contributed by atoms with van der Waals surface area (Å²) in [5.41, 5.74) is 2.99. The Hall–Kier alpha value is -3.41. The smallest absolute Gasteiger partial charge is 0.255 e. The number of carbonyl (C=O) groups is 1. The topological polar surface area (TPSA) is 80.0 Å². The normalized spacial score (nSPS) is 10.3. The van der Waals surface area contributed by atoms with Crippen LogP contribution >= 0.6 is 0 Å². The maximum Gasteiger partial charge on any atom is 0.255 e. The zero-order chi connectivity index (χ0) is 18.4. The van der Waals surface area contributed by atoms with Gasteiger partial charge in [0.25, 0.3) is 5.91 Å². The summed E-state index contributed by atoms with van der Waals surface area (Å²) in [6.45, 7) is 6.58. The van der Waals surface area contributed by atoms with E-state index in [9.17, 15) is 4.79 Å². The zero-order valence-corrected chi connectivity index (χ0v) is 14.5. The van der Waals surface area contributed by atoms with Crippen molar-refractivity contribution in [3.05, 3.63) is 78.3 Å². The predicted octanol–water partition coefficient (Wildman–Crippen LogP) is 3.65. The molecule has 0 aromatic carbocycles. The van der Waals surface area contributed by atoms with Gasteiger partial charge in [0.05, 0.1) is 11.8 Å². The maximum atomic E-state index is 12.5. The third-order valence-electron chi connectivity index (χ3n) is 3.65. The maximum absolute atomic E-state index is 12.5. The minimum Gasteiger partial charge on any atom is -0.463 e. The highest BCUT2D eigenvalue weighted by Crippen LogP contribution is 2.23. The number of rotatable bonds is 7. The Bertz CT molecular complexity index is 889. The number of aromatic nitrogens is 2. The van der Waals surface area contributed by atoms with Crippen molar-refractivity contribution in [2.75, 3.05) is 11.9 Å². The molecule has 2 N–H and O–H groups in total. The standard InChI is InChI=1S/C20H20N4O2/c1-14(2)11-23-20(25)16-7-8-17(18-6-4-10-26-18)24-19(16)22-13-15-5-3-9-21-12-15/h3-10,12H,1,11,13H2,2H3,(H,22,24)(H,23,25). The summed E-state index contributed by atoms with van der Waals surface area (Å²) in [6, 6.07) is 11.0. The fourth-order valence-electron chi connectivity index (χ4n) is 2.35. The number of nitrogens with one attached hydrogen (secondary N) is 2. The first-order valence-corrected chi connectivity index (χ1v) is 8.24. The van der Waals surface area contributed by atoms with Crippen LogP contribution in [0.5, 0.6) is 0 Å². The van der Waals surface area contributed by atoms with Gasteiger partial charge in [-0.25, -0.2) is 4.98 Å². The van der Waals surface area contributed by atoms with E-state index < -0.39 is 0 Å². The summed E-state index contributed by atoms with van der Waals surface area (Å²) in [5.74, 6) is 0.922. The molecular formula is C20H20N4O2. The molecule has 0 spiro atoms. The average Bonchev–Trinajstić information content (AvgIpc) is 3.20. The van der Waals surface area contributed by atoms with Crippen LogP contribution in [0.2, 0.25) is 0 Å². The van der Waals surface area contributed by atoms with E-state index in [4.69, 9.17) is 4.42 Å². The molecule has 1 amide bonds. The first-order valence-electron chi connectivity index (χ1n) is 8.24. The zero-order valence-electron chi connectivity index (χ0n) is 14.5. The van der Waals surface area contributed by atoms with Crippen LogP contribution in [-0.4, -0.2) is 22.4 Å². The number of carbonyl (C=O) groups excluding carboxylic acids is 1. The van der Waals surface area contributed by atoms with E-state index in [1.165, 1.54) is 0 Å². The minimum absolute atomic E-state index is 0.208. The van der Waals surface area contributed by atoms with Gasteiger partial charge in [-0.05, 0) is 42.8 Å². The SMILES string of the molecule is C=C(C)CNC(=O)c1ccc(-c2ccco2)nc1NCc1cccnc1. The van der Waals surface area contributed by atoms with Crippen molar-refractivity contribution in [2.24, 2.45) is 0 Å². The summed E-state index contributed by atoms with van der Waals surface area (Å²) < 4.78 is 5.40. The number of amides is 1. The van der Waals surface area contributed by atoms with E-state index in [0.29, 0.717) is 35.9 Å². The molecule has 3 aromatic heterocycles. The Kier molecular flexibility index (Phi) is 5.43. The highest BCUT2D eigenvalue weighted by Gasteiger charge is 2.15. The summed E-state index contributed by atoms with van der Waals surface area (Å²) in [4.78, 5) is 21.2. The second kappa shape index (κ2) is 8.11. The minimum atomic E-state index is -0.208. The van der Waals surface area contributed by atoms with Crippen molar-refractivity contribution in [1.82, 2.24) is 15.3 Å². The second-order valence-corrected chi connectivity index (χ2v) is 5.92. The van der Waals surface area contributed by atoms with E-state index in [0.717, 1.165) is 11.1 Å². The van der Waals surface area contributed by atoms with Gasteiger partial charge in [-0.1, -0.05) is 18.2 Å². The number of pyridine rings is 2. The Labute approximate surface area is 152 Å². The van der Waals surface area contributed by atoms with Crippen molar-refractivity contribution < 1.29 is 9.21 Å². The van der Waals surface area contributed by atoms with E-state index in [2.05, 4.69) is 27.2 Å². The Morgan fingerprint density at radius 1 is 1.23 bits per heavy atom. The number of nitrogens with zero attached hydrogens (tertiary/aromatic N) is 2. The average molecular weight is 348 g/mol. The third-order valence-corrected chi connectivity index (χ3v) is 3.65. The molecule has 3 rings (SSSR count). The van der Waals surface area contributed by atoms with E-state index >= 15 is 0 Å². The molecule has 3 heterocycles. The molecule has 0 aliphatic heterocycles. The molecule has 6 nitrogen and oxygen atoms in total. The van der Waals surface area contributed by atoms with E-state index in [-0.39, 0.29) is 5.91 Å². The fourth-order valence-corrected chi connectivity index (χ4v) is 2.35. The van der Waals surface area contributed by atoms with Gasteiger partial charge in [0.2, 0.25) is 0 Å². The molecule has 0 fully saturated rings. The lowest BCUT2D eigenvalue weighted by Gasteiger charge is -2.13. The molecule has 0 saturated carbocycles. The molecule has 26 heavy (non-hydrogen) atoms. The largest absolute Gasteiger partial charge is 0.463 e. The quantitative estimate of drug-likeness (QED) is 0.637. The van der Waals surface area contributed by atoms with Crippen LogP contribution in [0.15, 0.2) is 71.6 Å². The highest BCUT2D eigenvalue weighted by molar-refractivity contribution is 5.99. The highest BCUT2D eigenvalue weighted by atomic mass is 16.3. The molecule has 3 aromatic rings. The van der Waals surface area contributed by atoms with E-state index in [1.807, 2.05) is 25.1 Å². The van der Waals surface area contributed by atoms with Gasteiger partial charge < -0.3 is 15.1 Å². The molecule has 6 heteroatoms. The number of hydrogen-bond acceptors (Lipinski definition) is 5. The second-order valence-electron chi connectivity index (χ2n) is 5.92. The molecule has 0 aliphatic rings. The van der Waals surface area contributed by atoms with Crippen LogP contribution in [-0.2, 0) is 6.54 Å². The number of anilines is 1. The fraction of sp³-hybridized carbons (Fsp3) is 0.150. The molecule has 0 saturated heterocycles. The molecule has 0 aliphatic carbocycles. The summed E-state index contributed by atoms with van der Waals surface area (Å²) >= 11 is 0. The molecular weight excluding hydrogens is 328 g/mol. The number of hydrogen-bond donors (Lipinski definition) is 2. The van der Waals surface area contributed by atoms with Crippen molar-refractivity contribution in [3.63, 3.8) is 0 Å². The van der Waals surface area contributed by atoms with Gasteiger partial charge in [-0.15, -0.1) is 0 Å².